The summed E-state index contributed by atoms with van der Waals surface area (Å²) in [6.45, 7) is 0.429. The number of para-hydroxylation sites is 2. The lowest BCUT2D eigenvalue weighted by molar-refractivity contribution is 0.206. The van der Waals surface area contributed by atoms with Gasteiger partial charge < -0.3 is 9.67 Å². The number of rotatable bonds is 4. The molecule has 3 aromatic carbocycles. The van der Waals surface area contributed by atoms with Crippen molar-refractivity contribution in [2.45, 2.75) is 12.6 Å². The summed E-state index contributed by atoms with van der Waals surface area (Å²) in [6.07, 6.45) is -0.843. The number of benzene rings is 3. The van der Waals surface area contributed by atoms with Gasteiger partial charge in [-0.2, -0.15) is 0 Å². The van der Waals surface area contributed by atoms with Gasteiger partial charge in [0.2, 0.25) is 0 Å². The van der Waals surface area contributed by atoms with Gasteiger partial charge in [0.05, 0.1) is 17.6 Å². The molecule has 4 rings (SSSR count). The lowest BCUT2D eigenvalue weighted by atomic mass is 10.1. The van der Waals surface area contributed by atoms with E-state index in [1.165, 1.54) is 0 Å². The van der Waals surface area contributed by atoms with E-state index in [4.69, 9.17) is 23.2 Å². The molecule has 1 heterocycles. The molecule has 0 aliphatic rings. The van der Waals surface area contributed by atoms with Gasteiger partial charge in [-0.15, -0.1) is 0 Å². The quantitative estimate of drug-likeness (QED) is 0.507. The summed E-state index contributed by atoms with van der Waals surface area (Å²) in [7, 11) is 0. The van der Waals surface area contributed by atoms with E-state index in [0.717, 1.165) is 22.2 Å². The molecule has 0 fully saturated rings. The standard InChI is InChI=1S/C21H16Cl2N2O/c22-16-9-6-10-17(23)15(16)13-25-19-12-5-4-11-18(19)24-21(25)20(26)14-7-2-1-3-8-14/h1-12,20,26H,13H2/t20-/m0/s1. The zero-order valence-corrected chi connectivity index (χ0v) is 15.3. The molecule has 0 aliphatic heterocycles. The van der Waals surface area contributed by atoms with Crippen LogP contribution in [0.1, 0.15) is 23.1 Å². The van der Waals surface area contributed by atoms with Crippen molar-refractivity contribution in [1.29, 1.82) is 0 Å². The largest absolute Gasteiger partial charge is 0.380 e. The molecule has 0 radical (unpaired) electrons. The Labute approximate surface area is 161 Å². The highest BCUT2D eigenvalue weighted by Crippen LogP contribution is 2.30. The molecule has 0 amide bonds. The third-order valence-electron chi connectivity index (χ3n) is 4.42. The normalized spacial score (nSPS) is 12.4. The Balaban J connectivity index is 1.87. The van der Waals surface area contributed by atoms with Gasteiger partial charge in [-0.3, -0.25) is 0 Å². The number of aromatic nitrogens is 2. The maximum atomic E-state index is 10.9. The Morgan fingerprint density at radius 1 is 0.846 bits per heavy atom. The van der Waals surface area contributed by atoms with Crippen LogP contribution in [0.2, 0.25) is 10.0 Å². The van der Waals surface area contributed by atoms with Crippen LogP contribution in [0.15, 0.2) is 72.8 Å². The van der Waals surface area contributed by atoms with Gasteiger partial charge in [0.25, 0.3) is 0 Å². The number of halogens is 2. The van der Waals surface area contributed by atoms with Crippen molar-refractivity contribution in [3.63, 3.8) is 0 Å². The maximum Gasteiger partial charge on any atom is 0.143 e. The highest BCUT2D eigenvalue weighted by atomic mass is 35.5. The van der Waals surface area contributed by atoms with Crippen molar-refractivity contribution in [3.05, 3.63) is 99.8 Å². The maximum absolute atomic E-state index is 10.9. The summed E-state index contributed by atoms with van der Waals surface area (Å²) in [5, 5.41) is 12.1. The van der Waals surface area contributed by atoms with E-state index in [1.807, 2.05) is 77.4 Å². The topological polar surface area (TPSA) is 38.1 Å². The zero-order chi connectivity index (χ0) is 18.1. The predicted molar refractivity (Wildman–Crippen MR) is 106 cm³/mol. The van der Waals surface area contributed by atoms with Gasteiger partial charge in [-0.1, -0.05) is 71.7 Å². The van der Waals surface area contributed by atoms with Crippen LogP contribution in [0.4, 0.5) is 0 Å². The molecule has 0 saturated heterocycles. The Hall–Kier alpha value is -2.33. The first kappa shape index (κ1) is 17.1. The third-order valence-corrected chi connectivity index (χ3v) is 5.13. The van der Waals surface area contributed by atoms with E-state index in [1.54, 1.807) is 0 Å². The van der Waals surface area contributed by atoms with Gasteiger partial charge in [-0.05, 0) is 29.8 Å². The molecular formula is C21H16Cl2N2O. The van der Waals surface area contributed by atoms with Crippen LogP contribution in [0, 0.1) is 0 Å². The van der Waals surface area contributed by atoms with Gasteiger partial charge in [0.1, 0.15) is 11.9 Å². The smallest absolute Gasteiger partial charge is 0.143 e. The number of aliphatic hydroxyl groups is 1. The summed E-state index contributed by atoms with van der Waals surface area (Å²) in [5.41, 5.74) is 3.34. The summed E-state index contributed by atoms with van der Waals surface area (Å²) < 4.78 is 1.97. The van der Waals surface area contributed by atoms with Crippen molar-refractivity contribution in [3.8, 4) is 0 Å². The summed E-state index contributed by atoms with van der Waals surface area (Å²) in [4.78, 5) is 4.67. The van der Waals surface area contributed by atoms with Crippen LogP contribution in [-0.2, 0) is 6.54 Å². The van der Waals surface area contributed by atoms with Crippen molar-refractivity contribution < 1.29 is 5.11 Å². The second kappa shape index (κ2) is 7.12. The third kappa shape index (κ3) is 3.10. The molecule has 5 heteroatoms. The SMILES string of the molecule is O[C@@H](c1ccccc1)c1nc2ccccc2n1Cc1c(Cl)cccc1Cl. The second-order valence-electron chi connectivity index (χ2n) is 6.06. The molecule has 0 bridgehead atoms. The van der Waals surface area contributed by atoms with E-state index in [2.05, 4.69) is 4.98 Å². The first-order valence-electron chi connectivity index (χ1n) is 8.26. The van der Waals surface area contributed by atoms with Crippen LogP contribution in [0.3, 0.4) is 0 Å². The molecular weight excluding hydrogens is 367 g/mol. The van der Waals surface area contributed by atoms with Crippen LogP contribution >= 0.6 is 23.2 Å². The lowest BCUT2D eigenvalue weighted by Crippen LogP contribution is -2.11. The number of aliphatic hydroxyl groups excluding tert-OH is 1. The van der Waals surface area contributed by atoms with Crippen molar-refractivity contribution >= 4 is 34.2 Å². The molecule has 0 aliphatic carbocycles. The van der Waals surface area contributed by atoms with Crippen LogP contribution in [0.5, 0.6) is 0 Å². The molecule has 1 aromatic heterocycles. The highest BCUT2D eigenvalue weighted by Gasteiger charge is 2.21. The van der Waals surface area contributed by atoms with E-state index in [9.17, 15) is 5.11 Å². The number of nitrogens with zero attached hydrogens (tertiary/aromatic N) is 2. The van der Waals surface area contributed by atoms with Crippen molar-refractivity contribution in [1.82, 2.24) is 9.55 Å². The van der Waals surface area contributed by atoms with Crippen LogP contribution in [0.25, 0.3) is 11.0 Å². The second-order valence-corrected chi connectivity index (χ2v) is 6.87. The molecule has 1 atom stereocenters. The summed E-state index contributed by atoms with van der Waals surface area (Å²) in [6, 6.07) is 22.7. The monoisotopic (exact) mass is 382 g/mol. The fraction of sp³-hybridized carbons (Fsp3) is 0.0952. The Bertz CT molecular complexity index is 1040. The number of hydrogen-bond acceptors (Lipinski definition) is 2. The average molecular weight is 383 g/mol. The highest BCUT2D eigenvalue weighted by molar-refractivity contribution is 6.36. The Morgan fingerprint density at radius 3 is 2.23 bits per heavy atom. The van der Waals surface area contributed by atoms with Crippen molar-refractivity contribution in [2.75, 3.05) is 0 Å². The molecule has 1 N–H and O–H groups in total. The minimum Gasteiger partial charge on any atom is -0.380 e. The summed E-state index contributed by atoms with van der Waals surface area (Å²) >= 11 is 12.7. The number of fused-ring (bicyclic) bond motifs is 1. The van der Waals surface area contributed by atoms with Gasteiger partial charge in [-0.25, -0.2) is 4.98 Å². The Kier molecular flexibility index (Phi) is 4.68. The van der Waals surface area contributed by atoms with E-state index >= 15 is 0 Å². The molecule has 3 nitrogen and oxygen atoms in total. The predicted octanol–water partition coefficient (Wildman–Crippen LogP) is 5.47. The average Bonchev–Trinajstić information content (AvgIpc) is 3.03. The van der Waals surface area contributed by atoms with Gasteiger partial charge in [0.15, 0.2) is 0 Å². The minimum absolute atomic E-state index is 0.429. The van der Waals surface area contributed by atoms with Gasteiger partial charge >= 0.3 is 0 Å². The fourth-order valence-corrected chi connectivity index (χ4v) is 3.61. The van der Waals surface area contributed by atoms with Crippen LogP contribution < -0.4 is 0 Å². The van der Waals surface area contributed by atoms with E-state index in [-0.39, 0.29) is 0 Å². The van der Waals surface area contributed by atoms with Gasteiger partial charge in [0, 0.05) is 15.6 Å². The molecule has 26 heavy (non-hydrogen) atoms. The molecule has 4 aromatic rings. The molecule has 0 saturated carbocycles. The van der Waals surface area contributed by atoms with Crippen molar-refractivity contribution in [2.24, 2.45) is 0 Å². The fourth-order valence-electron chi connectivity index (χ4n) is 3.09. The number of hydrogen-bond donors (Lipinski definition) is 1. The van der Waals surface area contributed by atoms with Crippen LogP contribution in [-0.4, -0.2) is 14.7 Å². The molecule has 0 spiro atoms. The number of imidazole rings is 1. The Morgan fingerprint density at radius 2 is 1.50 bits per heavy atom. The van der Waals surface area contributed by atoms with E-state index in [0.29, 0.717) is 22.4 Å². The first-order valence-corrected chi connectivity index (χ1v) is 9.02. The molecule has 130 valence electrons. The summed E-state index contributed by atoms with van der Waals surface area (Å²) in [5.74, 6) is 0.563. The first-order chi connectivity index (χ1) is 12.6. The van der Waals surface area contributed by atoms with E-state index < -0.39 is 6.10 Å². The minimum atomic E-state index is -0.843. The zero-order valence-electron chi connectivity index (χ0n) is 13.8. The molecule has 0 unspecified atom stereocenters. The lowest BCUT2D eigenvalue weighted by Gasteiger charge is -2.16.